The average molecular weight is 194 g/mol. The molecule has 2 heterocycles. The molecule has 4 heteroatoms. The maximum atomic E-state index is 11.2. The monoisotopic (exact) mass is 194 g/mol. The topological polar surface area (TPSA) is 52.6 Å². The summed E-state index contributed by atoms with van der Waals surface area (Å²) in [7, 11) is 1.58. The molecule has 2 aliphatic rings. The molecule has 0 unspecified atom stereocenters. The summed E-state index contributed by atoms with van der Waals surface area (Å²) >= 11 is 0. The molecule has 74 valence electrons. The Morgan fingerprint density at radius 3 is 3.00 bits per heavy atom. The van der Waals surface area contributed by atoms with E-state index in [-0.39, 0.29) is 5.63 Å². The molecule has 0 bridgehead atoms. The summed E-state index contributed by atoms with van der Waals surface area (Å²) in [4.78, 5) is 11.2. The molecule has 0 radical (unpaired) electrons. The van der Waals surface area contributed by atoms with Crippen LogP contribution in [0.2, 0.25) is 0 Å². The molecular formula is C10H10O4. The lowest BCUT2D eigenvalue weighted by Gasteiger charge is -2.01. The molecule has 0 aromatic heterocycles. The highest BCUT2D eigenvalue weighted by Crippen LogP contribution is 2.25. The van der Waals surface area contributed by atoms with Crippen molar-refractivity contribution in [1.29, 1.82) is 0 Å². The summed E-state index contributed by atoms with van der Waals surface area (Å²) < 4.78 is 15.1. The lowest BCUT2D eigenvalue weighted by atomic mass is 10.1. The van der Waals surface area contributed by atoms with Gasteiger partial charge in [-0.15, -0.1) is 0 Å². The first kappa shape index (κ1) is 9.02. The van der Waals surface area contributed by atoms with Crippen LogP contribution < -0.4 is 5.63 Å². The van der Waals surface area contributed by atoms with Crippen LogP contribution in [-0.4, -0.2) is 7.11 Å². The zero-order valence-corrected chi connectivity index (χ0v) is 7.99. The number of hydrogen-bond acceptors (Lipinski definition) is 4. The van der Waals surface area contributed by atoms with Gasteiger partial charge in [0.2, 0.25) is 0 Å². The third-order valence-electron chi connectivity index (χ3n) is 2.09. The molecule has 0 aromatic carbocycles. The van der Waals surface area contributed by atoms with Gasteiger partial charge in [-0.05, 0) is 13.0 Å². The molecular weight excluding hydrogens is 184 g/mol. The van der Waals surface area contributed by atoms with Gasteiger partial charge in [0.05, 0.1) is 0 Å². The second kappa shape index (κ2) is 3.31. The van der Waals surface area contributed by atoms with Gasteiger partial charge in [0.1, 0.15) is 18.6 Å². The Bertz CT molecular complexity index is 466. The van der Waals surface area contributed by atoms with Crippen LogP contribution in [0, 0.1) is 6.92 Å². The minimum atomic E-state index is -0.315. The van der Waals surface area contributed by atoms with Crippen molar-refractivity contribution in [2.24, 2.45) is 0 Å². The second-order valence-electron chi connectivity index (χ2n) is 3.07. The summed E-state index contributed by atoms with van der Waals surface area (Å²) in [6, 6.07) is 1.76. The van der Waals surface area contributed by atoms with Crippen molar-refractivity contribution in [1.82, 2.24) is 0 Å². The molecule has 0 spiro atoms. The number of ether oxygens (including phenoxy) is 1. The molecule has 0 fully saturated rings. The Morgan fingerprint density at radius 1 is 1.50 bits per heavy atom. The molecule has 0 amide bonds. The molecule has 0 saturated heterocycles. The van der Waals surface area contributed by atoms with E-state index in [9.17, 15) is 4.79 Å². The van der Waals surface area contributed by atoms with Gasteiger partial charge in [-0.25, -0.2) is 4.79 Å². The van der Waals surface area contributed by atoms with Crippen molar-refractivity contribution in [3.63, 3.8) is 0 Å². The van der Waals surface area contributed by atoms with E-state index >= 15 is 0 Å². The van der Waals surface area contributed by atoms with Crippen LogP contribution in [0.5, 0.6) is 0 Å². The summed E-state index contributed by atoms with van der Waals surface area (Å²) in [6.07, 6.45) is 1.43. The molecule has 0 aliphatic carbocycles. The maximum absolute atomic E-state index is 11.2. The van der Waals surface area contributed by atoms with E-state index in [0.717, 1.165) is 5.56 Å². The van der Waals surface area contributed by atoms with Crippen molar-refractivity contribution in [3.8, 4) is 11.3 Å². The molecule has 2 aliphatic heterocycles. The third kappa shape index (κ3) is 1.33. The van der Waals surface area contributed by atoms with E-state index in [2.05, 4.69) is 0 Å². The van der Waals surface area contributed by atoms with Gasteiger partial charge in [0.15, 0.2) is 5.76 Å². The van der Waals surface area contributed by atoms with Gasteiger partial charge >= 0.3 is 5.63 Å². The Kier molecular flexibility index (Phi) is 2.13. The fourth-order valence-electron chi connectivity index (χ4n) is 1.34. The number of fused-ring (bicyclic) bond motifs is 1. The van der Waals surface area contributed by atoms with E-state index in [1.807, 2.05) is 0 Å². The zero-order chi connectivity index (χ0) is 10.1. The van der Waals surface area contributed by atoms with Gasteiger partial charge < -0.3 is 13.6 Å². The average Bonchev–Trinajstić information content (AvgIpc) is 2.45. The number of methoxy groups -OCH3 is 1. The summed E-state index contributed by atoms with van der Waals surface area (Å²) in [5, 5.41) is 0. The smallest absolute Gasteiger partial charge is 0.339 e. The van der Waals surface area contributed by atoms with Gasteiger partial charge in [-0.2, -0.15) is 0 Å². The van der Waals surface area contributed by atoms with E-state index < -0.39 is 0 Å². The summed E-state index contributed by atoms with van der Waals surface area (Å²) in [5.74, 6) is 1.15. The third-order valence-corrected chi connectivity index (χ3v) is 2.09. The highest BCUT2D eigenvalue weighted by Gasteiger charge is 2.15. The quantitative estimate of drug-likeness (QED) is 0.731. The minimum absolute atomic E-state index is 0.315. The standard InChI is InChI=1S/C10H10O4/c1-6-8-3-7(4-12-2)13-5-9(8)14-10(6)11/h3,5H,4H2,1-2H3. The first-order valence-electron chi connectivity index (χ1n) is 4.22. The molecule has 4 nitrogen and oxygen atoms in total. The van der Waals surface area contributed by atoms with Crippen molar-refractivity contribution in [3.05, 3.63) is 34.1 Å². The fraction of sp³-hybridized carbons (Fsp3) is 0.300. The Balaban J connectivity index is 2.58. The molecule has 0 N–H and O–H groups in total. The van der Waals surface area contributed by atoms with Crippen molar-refractivity contribution in [2.45, 2.75) is 13.5 Å². The first-order valence-corrected chi connectivity index (χ1v) is 4.22. The minimum Gasteiger partial charge on any atom is -0.463 e. The lowest BCUT2D eigenvalue weighted by Crippen LogP contribution is -1.94. The predicted octanol–water partition coefficient (Wildman–Crippen LogP) is 1.79. The Hall–Kier alpha value is -1.55. The van der Waals surface area contributed by atoms with Gasteiger partial charge in [-0.3, -0.25) is 0 Å². The van der Waals surface area contributed by atoms with Crippen LogP contribution in [-0.2, 0) is 11.3 Å². The summed E-state index contributed by atoms with van der Waals surface area (Å²) in [5.41, 5.74) is 1.08. The summed E-state index contributed by atoms with van der Waals surface area (Å²) in [6.45, 7) is 2.11. The first-order chi connectivity index (χ1) is 6.72. The van der Waals surface area contributed by atoms with E-state index in [0.29, 0.717) is 23.7 Å². The Labute approximate surface area is 80.4 Å². The van der Waals surface area contributed by atoms with Crippen molar-refractivity contribution < 1.29 is 13.6 Å². The van der Waals surface area contributed by atoms with Gasteiger partial charge in [0.25, 0.3) is 0 Å². The number of rotatable bonds is 2. The SMILES string of the molecule is COCc1cc2c(C)c(=O)oc-2co1. The van der Waals surface area contributed by atoms with Gasteiger partial charge in [0, 0.05) is 18.2 Å². The van der Waals surface area contributed by atoms with Crippen LogP contribution >= 0.6 is 0 Å². The predicted molar refractivity (Wildman–Crippen MR) is 49.3 cm³/mol. The molecule has 14 heavy (non-hydrogen) atoms. The molecule has 0 saturated carbocycles. The van der Waals surface area contributed by atoms with E-state index in [1.165, 1.54) is 6.26 Å². The van der Waals surface area contributed by atoms with Crippen LogP contribution in [0.15, 0.2) is 26.0 Å². The van der Waals surface area contributed by atoms with E-state index in [1.54, 1.807) is 20.1 Å². The fourth-order valence-corrected chi connectivity index (χ4v) is 1.34. The zero-order valence-electron chi connectivity index (χ0n) is 7.99. The second-order valence-corrected chi connectivity index (χ2v) is 3.07. The molecule has 2 rings (SSSR count). The normalized spacial score (nSPS) is 11.0. The largest absolute Gasteiger partial charge is 0.463 e. The maximum Gasteiger partial charge on any atom is 0.339 e. The molecule has 0 atom stereocenters. The highest BCUT2D eigenvalue weighted by molar-refractivity contribution is 5.61. The van der Waals surface area contributed by atoms with E-state index in [4.69, 9.17) is 13.6 Å². The van der Waals surface area contributed by atoms with Crippen LogP contribution in [0.1, 0.15) is 11.3 Å². The van der Waals surface area contributed by atoms with Crippen LogP contribution in [0.4, 0.5) is 0 Å². The van der Waals surface area contributed by atoms with Crippen LogP contribution in [0.3, 0.4) is 0 Å². The lowest BCUT2D eigenvalue weighted by molar-refractivity contribution is 0.162. The van der Waals surface area contributed by atoms with Gasteiger partial charge in [-0.1, -0.05) is 0 Å². The Morgan fingerprint density at radius 2 is 2.29 bits per heavy atom. The number of hydrogen-bond donors (Lipinski definition) is 0. The molecule has 0 aromatic rings. The highest BCUT2D eigenvalue weighted by atomic mass is 16.5. The number of furan rings is 1. The van der Waals surface area contributed by atoms with Crippen molar-refractivity contribution in [2.75, 3.05) is 7.11 Å². The van der Waals surface area contributed by atoms with Crippen molar-refractivity contribution >= 4 is 0 Å². The van der Waals surface area contributed by atoms with Crippen LogP contribution in [0.25, 0.3) is 11.3 Å².